The summed E-state index contributed by atoms with van der Waals surface area (Å²) < 4.78 is 0. The molecule has 0 saturated carbocycles. The first-order chi connectivity index (χ1) is 14.2. The SMILES string of the molecule is Cc1ccc(-c2[nH]c3ccccc3c2C2CCC(=O)N2Cc2ccccc2)cc1. The minimum absolute atomic E-state index is 0.0789. The fourth-order valence-electron chi connectivity index (χ4n) is 4.47. The van der Waals surface area contributed by atoms with Gasteiger partial charge in [0.2, 0.25) is 5.91 Å². The van der Waals surface area contributed by atoms with E-state index in [-0.39, 0.29) is 11.9 Å². The highest BCUT2D eigenvalue weighted by Gasteiger charge is 2.35. The van der Waals surface area contributed by atoms with Crippen LogP contribution in [-0.2, 0) is 11.3 Å². The van der Waals surface area contributed by atoms with E-state index in [1.165, 1.54) is 27.6 Å². The molecule has 1 atom stereocenters. The molecule has 1 saturated heterocycles. The summed E-state index contributed by atoms with van der Waals surface area (Å²) in [6, 6.07) is 27.4. The molecule has 144 valence electrons. The van der Waals surface area contributed by atoms with Crippen LogP contribution in [0.4, 0.5) is 0 Å². The molecule has 3 heteroatoms. The van der Waals surface area contributed by atoms with Gasteiger partial charge < -0.3 is 9.88 Å². The van der Waals surface area contributed by atoms with E-state index >= 15 is 0 Å². The van der Waals surface area contributed by atoms with Gasteiger partial charge in [-0.25, -0.2) is 0 Å². The van der Waals surface area contributed by atoms with Gasteiger partial charge in [0.1, 0.15) is 0 Å². The van der Waals surface area contributed by atoms with Crippen molar-refractivity contribution in [2.24, 2.45) is 0 Å². The summed E-state index contributed by atoms with van der Waals surface area (Å²) in [6.07, 6.45) is 1.46. The molecule has 0 spiro atoms. The number of aryl methyl sites for hydroxylation is 1. The molecule has 3 nitrogen and oxygen atoms in total. The number of para-hydroxylation sites is 1. The molecule has 4 aromatic rings. The van der Waals surface area contributed by atoms with Crippen molar-refractivity contribution in [3.63, 3.8) is 0 Å². The second-order valence-electron chi connectivity index (χ2n) is 7.89. The van der Waals surface area contributed by atoms with Gasteiger partial charge in [-0.3, -0.25) is 4.79 Å². The number of H-pyrrole nitrogens is 1. The summed E-state index contributed by atoms with van der Waals surface area (Å²) in [4.78, 5) is 18.5. The summed E-state index contributed by atoms with van der Waals surface area (Å²) in [5, 5.41) is 1.21. The number of aromatic amines is 1. The minimum Gasteiger partial charge on any atom is -0.354 e. The molecule has 5 rings (SSSR count). The number of carbonyl (C=O) groups excluding carboxylic acids is 1. The zero-order chi connectivity index (χ0) is 19.8. The van der Waals surface area contributed by atoms with Gasteiger partial charge in [-0.2, -0.15) is 0 Å². The number of benzene rings is 3. The topological polar surface area (TPSA) is 36.1 Å². The second-order valence-corrected chi connectivity index (χ2v) is 7.89. The Morgan fingerprint density at radius 2 is 1.66 bits per heavy atom. The van der Waals surface area contributed by atoms with E-state index in [9.17, 15) is 4.79 Å². The van der Waals surface area contributed by atoms with Crippen molar-refractivity contribution in [1.82, 2.24) is 9.88 Å². The number of amides is 1. The third kappa shape index (κ3) is 3.23. The van der Waals surface area contributed by atoms with E-state index in [0.29, 0.717) is 13.0 Å². The molecule has 0 radical (unpaired) electrons. The molecule has 1 N–H and O–H groups in total. The highest BCUT2D eigenvalue weighted by molar-refractivity contribution is 5.92. The van der Waals surface area contributed by atoms with Crippen LogP contribution in [-0.4, -0.2) is 15.8 Å². The Hall–Kier alpha value is -3.33. The van der Waals surface area contributed by atoms with Crippen LogP contribution in [0.25, 0.3) is 22.2 Å². The van der Waals surface area contributed by atoms with Gasteiger partial charge in [-0.05, 0) is 30.5 Å². The summed E-state index contributed by atoms with van der Waals surface area (Å²) >= 11 is 0. The van der Waals surface area contributed by atoms with Crippen LogP contribution >= 0.6 is 0 Å². The van der Waals surface area contributed by atoms with Crippen molar-refractivity contribution in [3.05, 3.63) is 95.6 Å². The first kappa shape index (κ1) is 17.7. The normalized spacial score (nSPS) is 16.7. The molecule has 1 aromatic heterocycles. The number of fused-ring (bicyclic) bond motifs is 1. The molecule has 29 heavy (non-hydrogen) atoms. The molecule has 0 bridgehead atoms. The van der Waals surface area contributed by atoms with Gasteiger partial charge in [0.25, 0.3) is 0 Å². The Labute approximate surface area is 171 Å². The summed E-state index contributed by atoms with van der Waals surface area (Å²) in [5.74, 6) is 0.235. The fraction of sp³-hybridized carbons (Fsp3) is 0.192. The number of carbonyl (C=O) groups is 1. The fourth-order valence-corrected chi connectivity index (χ4v) is 4.47. The predicted molar refractivity (Wildman–Crippen MR) is 117 cm³/mol. The lowest BCUT2D eigenvalue weighted by molar-refractivity contribution is -0.129. The quantitative estimate of drug-likeness (QED) is 0.463. The molecule has 2 heterocycles. The Bertz CT molecular complexity index is 1160. The lowest BCUT2D eigenvalue weighted by Gasteiger charge is -2.26. The average Bonchev–Trinajstić information content (AvgIpc) is 3.30. The molecule has 1 amide bonds. The van der Waals surface area contributed by atoms with Crippen molar-refractivity contribution < 1.29 is 4.79 Å². The van der Waals surface area contributed by atoms with E-state index < -0.39 is 0 Å². The van der Waals surface area contributed by atoms with Crippen molar-refractivity contribution >= 4 is 16.8 Å². The molecule has 1 fully saturated rings. The summed E-state index contributed by atoms with van der Waals surface area (Å²) in [7, 11) is 0. The van der Waals surface area contributed by atoms with E-state index in [0.717, 1.165) is 17.6 Å². The summed E-state index contributed by atoms with van der Waals surface area (Å²) in [5.41, 5.74) is 7.07. The van der Waals surface area contributed by atoms with E-state index in [4.69, 9.17) is 0 Å². The van der Waals surface area contributed by atoms with Gasteiger partial charge in [-0.15, -0.1) is 0 Å². The second kappa shape index (κ2) is 7.25. The highest BCUT2D eigenvalue weighted by Crippen LogP contribution is 2.43. The van der Waals surface area contributed by atoms with Crippen LogP contribution in [0.15, 0.2) is 78.9 Å². The molecule has 1 aliphatic rings. The van der Waals surface area contributed by atoms with Crippen LogP contribution in [0.3, 0.4) is 0 Å². The first-order valence-electron chi connectivity index (χ1n) is 10.2. The van der Waals surface area contributed by atoms with Gasteiger partial charge in [0, 0.05) is 29.4 Å². The van der Waals surface area contributed by atoms with E-state index in [1.807, 2.05) is 18.2 Å². The van der Waals surface area contributed by atoms with Gasteiger partial charge in [0.15, 0.2) is 0 Å². The summed E-state index contributed by atoms with van der Waals surface area (Å²) in [6.45, 7) is 2.75. The third-order valence-corrected chi connectivity index (χ3v) is 5.94. The average molecular weight is 380 g/mol. The Morgan fingerprint density at radius 3 is 2.45 bits per heavy atom. The number of nitrogens with one attached hydrogen (secondary N) is 1. The molecular weight excluding hydrogens is 356 g/mol. The molecular formula is C26H24N2O. The number of nitrogens with zero attached hydrogens (tertiary/aromatic N) is 1. The highest BCUT2D eigenvalue weighted by atomic mass is 16.2. The van der Waals surface area contributed by atoms with Crippen LogP contribution < -0.4 is 0 Å². The van der Waals surface area contributed by atoms with Crippen LogP contribution in [0.5, 0.6) is 0 Å². The largest absolute Gasteiger partial charge is 0.354 e. The predicted octanol–water partition coefficient (Wildman–Crippen LogP) is 6.01. The van der Waals surface area contributed by atoms with Gasteiger partial charge >= 0.3 is 0 Å². The zero-order valence-corrected chi connectivity index (χ0v) is 16.6. The van der Waals surface area contributed by atoms with Crippen molar-refractivity contribution in [2.45, 2.75) is 32.4 Å². The smallest absolute Gasteiger partial charge is 0.223 e. The number of aromatic nitrogens is 1. The zero-order valence-electron chi connectivity index (χ0n) is 16.6. The number of hydrogen-bond acceptors (Lipinski definition) is 1. The van der Waals surface area contributed by atoms with E-state index in [1.54, 1.807) is 0 Å². The standard InChI is InChI=1S/C26H24N2O/c1-18-11-13-20(14-12-18)26-25(21-9-5-6-10-22(21)27-26)23-15-16-24(29)28(23)17-19-7-3-2-4-8-19/h2-14,23,27H,15-17H2,1H3. The number of likely N-dealkylation sites (tertiary alicyclic amines) is 1. The van der Waals surface area contributed by atoms with Gasteiger partial charge in [-0.1, -0.05) is 78.4 Å². The maximum atomic E-state index is 12.8. The van der Waals surface area contributed by atoms with Crippen LogP contribution in [0.2, 0.25) is 0 Å². The molecule has 3 aromatic carbocycles. The molecule has 0 aliphatic carbocycles. The Morgan fingerprint density at radius 1 is 0.931 bits per heavy atom. The van der Waals surface area contributed by atoms with Crippen LogP contribution in [0.1, 0.15) is 35.6 Å². The molecule has 1 aliphatic heterocycles. The van der Waals surface area contributed by atoms with E-state index in [2.05, 4.69) is 77.5 Å². The minimum atomic E-state index is 0.0789. The third-order valence-electron chi connectivity index (χ3n) is 5.94. The van der Waals surface area contributed by atoms with Crippen molar-refractivity contribution in [3.8, 4) is 11.3 Å². The van der Waals surface area contributed by atoms with Gasteiger partial charge in [0.05, 0.1) is 11.7 Å². The Balaban J connectivity index is 1.64. The molecule has 1 unspecified atom stereocenters. The maximum Gasteiger partial charge on any atom is 0.223 e. The van der Waals surface area contributed by atoms with Crippen LogP contribution in [0, 0.1) is 6.92 Å². The maximum absolute atomic E-state index is 12.8. The van der Waals surface area contributed by atoms with Crippen molar-refractivity contribution in [2.75, 3.05) is 0 Å². The van der Waals surface area contributed by atoms with Crippen molar-refractivity contribution in [1.29, 1.82) is 0 Å². The lowest BCUT2D eigenvalue weighted by Crippen LogP contribution is -2.27. The number of hydrogen-bond donors (Lipinski definition) is 1. The lowest BCUT2D eigenvalue weighted by atomic mass is 9.96. The first-order valence-corrected chi connectivity index (χ1v) is 10.2. The monoisotopic (exact) mass is 380 g/mol. The number of rotatable bonds is 4. The Kier molecular flexibility index (Phi) is 4.44.